The molecule has 0 aliphatic heterocycles. The number of amides is 4. The summed E-state index contributed by atoms with van der Waals surface area (Å²) in [5.41, 5.74) is -0.688. The summed E-state index contributed by atoms with van der Waals surface area (Å²) in [6.45, 7) is 13.2. The molecule has 0 spiro atoms. The van der Waals surface area contributed by atoms with E-state index in [4.69, 9.17) is 46.9 Å². The Bertz CT molecular complexity index is 3530. The molecule has 26 nitrogen and oxygen atoms in total. The van der Waals surface area contributed by atoms with Gasteiger partial charge in [-0.25, -0.2) is 19.4 Å². The van der Waals surface area contributed by atoms with Crippen LogP contribution in [0.5, 0.6) is 11.5 Å². The summed E-state index contributed by atoms with van der Waals surface area (Å²) >= 11 is 0. The fourth-order valence-electron chi connectivity index (χ4n) is 9.83. The van der Waals surface area contributed by atoms with Gasteiger partial charge in [-0.3, -0.25) is 39.2 Å². The van der Waals surface area contributed by atoms with Crippen LogP contribution >= 0.6 is 8.53 Å². The molecule has 1 unspecified atom stereocenters. The van der Waals surface area contributed by atoms with Crippen molar-refractivity contribution in [2.45, 2.75) is 110 Å². The number of alkyl halides is 3. The van der Waals surface area contributed by atoms with E-state index in [2.05, 4.69) is 74.3 Å². The number of aromatic nitrogens is 4. The van der Waals surface area contributed by atoms with E-state index in [1.165, 1.54) is 0 Å². The van der Waals surface area contributed by atoms with Gasteiger partial charge in [0.2, 0.25) is 17.8 Å². The number of esters is 1. The Balaban J connectivity index is 0.927. The first-order chi connectivity index (χ1) is 47.0. The maximum Gasteiger partial charge on any atom is 0.471 e. The highest BCUT2D eigenvalue weighted by Crippen LogP contribution is 2.48. The number of ether oxygens (including phenoxy) is 8. The molecule has 0 aliphatic carbocycles. The molecule has 0 saturated heterocycles. The zero-order chi connectivity index (χ0) is 71.2. The van der Waals surface area contributed by atoms with Crippen molar-refractivity contribution in [3.63, 3.8) is 0 Å². The van der Waals surface area contributed by atoms with Crippen molar-refractivity contribution < 1.29 is 84.1 Å². The van der Waals surface area contributed by atoms with Gasteiger partial charge < -0.3 is 57.6 Å². The van der Waals surface area contributed by atoms with Gasteiger partial charge in [0.1, 0.15) is 29.2 Å². The van der Waals surface area contributed by atoms with E-state index >= 15 is 0 Å². The summed E-state index contributed by atoms with van der Waals surface area (Å²) < 4.78 is 104. The number of nitrogens with zero attached hydrogens (tertiary/aromatic N) is 6. The van der Waals surface area contributed by atoms with Crippen molar-refractivity contribution in [1.29, 1.82) is 5.26 Å². The number of aromatic amines is 1. The fraction of sp³-hybridized carbons (Fsp3) is 0.471. The number of H-pyrrole nitrogens is 1. The summed E-state index contributed by atoms with van der Waals surface area (Å²) in [6.07, 6.45) is -4.73. The van der Waals surface area contributed by atoms with E-state index in [-0.39, 0.29) is 131 Å². The van der Waals surface area contributed by atoms with E-state index in [0.717, 1.165) is 54.3 Å². The van der Waals surface area contributed by atoms with E-state index in [1.807, 2.05) is 78.9 Å². The van der Waals surface area contributed by atoms with Crippen LogP contribution in [0.1, 0.15) is 100.0 Å². The smallest absolute Gasteiger partial charge is 0.471 e. The van der Waals surface area contributed by atoms with Crippen LogP contribution < -0.4 is 35.9 Å². The lowest BCUT2D eigenvalue weighted by molar-refractivity contribution is -0.170. The van der Waals surface area contributed by atoms with Crippen molar-refractivity contribution in [2.75, 3.05) is 104 Å². The first-order valence-corrected chi connectivity index (χ1v) is 32.9. The molecule has 98 heavy (non-hydrogen) atoms. The summed E-state index contributed by atoms with van der Waals surface area (Å²) in [6, 6.07) is 30.8. The first kappa shape index (κ1) is 78.4. The van der Waals surface area contributed by atoms with Crippen molar-refractivity contribution in [3.8, 4) is 17.6 Å². The number of hydrogen-bond donors (Lipinski definition) is 4. The first-order valence-electron chi connectivity index (χ1n) is 31.8. The van der Waals surface area contributed by atoms with Gasteiger partial charge in [-0.2, -0.15) is 23.4 Å². The van der Waals surface area contributed by atoms with Crippen LogP contribution in [-0.2, 0) is 68.8 Å². The summed E-state index contributed by atoms with van der Waals surface area (Å²) in [4.78, 5) is 91.3. The van der Waals surface area contributed by atoms with Gasteiger partial charge in [-0.1, -0.05) is 68.4 Å². The largest absolute Gasteiger partial charge is 0.497 e. The van der Waals surface area contributed by atoms with Gasteiger partial charge >= 0.3 is 18.1 Å². The van der Waals surface area contributed by atoms with Crippen LogP contribution in [0.4, 0.5) is 24.8 Å². The van der Waals surface area contributed by atoms with E-state index < -0.39 is 80.1 Å². The second-order valence-electron chi connectivity index (χ2n) is 22.8. The van der Waals surface area contributed by atoms with Gasteiger partial charge in [-0.15, -0.1) is 0 Å². The molecular weight excluding hydrogens is 1300 g/mol. The number of carbonyl (C=O) groups is 5. The number of fused-ring (bicyclic) bond motifs is 1. The van der Waals surface area contributed by atoms with Gasteiger partial charge in [0, 0.05) is 48.8 Å². The molecule has 3 atom stereocenters. The number of hydrogen-bond acceptors (Lipinski definition) is 21. The Kier molecular flexibility index (Phi) is 31.8. The molecule has 2 aromatic heterocycles. The molecule has 4 amide bonds. The molecular formula is C68H86F3N10O16P. The predicted octanol–water partition coefficient (Wildman–Crippen LogP) is 8.71. The number of halogens is 3. The molecule has 6 rings (SSSR count). The van der Waals surface area contributed by atoms with Crippen LogP contribution in [0.2, 0.25) is 0 Å². The number of nitriles is 1. The number of benzene rings is 4. The maximum absolute atomic E-state index is 13.9. The molecule has 30 heteroatoms. The number of anilines is 2. The van der Waals surface area contributed by atoms with E-state index in [0.29, 0.717) is 29.4 Å². The molecule has 0 bridgehead atoms. The highest BCUT2D eigenvalue weighted by molar-refractivity contribution is 7.44. The van der Waals surface area contributed by atoms with Crippen LogP contribution in [0.25, 0.3) is 11.2 Å². The van der Waals surface area contributed by atoms with Crippen molar-refractivity contribution in [2.24, 2.45) is 5.92 Å². The maximum atomic E-state index is 13.9. The Morgan fingerprint density at radius 3 is 1.85 bits per heavy atom. The van der Waals surface area contributed by atoms with Gasteiger partial charge in [0.15, 0.2) is 11.2 Å². The highest BCUT2D eigenvalue weighted by Gasteiger charge is 2.44. The highest BCUT2D eigenvalue weighted by atomic mass is 31.2. The van der Waals surface area contributed by atoms with Crippen molar-refractivity contribution in [3.05, 3.63) is 148 Å². The predicted molar refractivity (Wildman–Crippen MR) is 357 cm³/mol. The second kappa shape index (κ2) is 39.7. The third-order valence-electron chi connectivity index (χ3n) is 14.7. The minimum absolute atomic E-state index is 0.0402. The molecule has 530 valence electrons. The summed E-state index contributed by atoms with van der Waals surface area (Å²) in [7, 11) is 2.63. The molecule has 0 aliphatic rings. The zero-order valence-corrected chi connectivity index (χ0v) is 57.3. The zero-order valence-electron chi connectivity index (χ0n) is 56.4. The molecule has 0 saturated carbocycles. The van der Waals surface area contributed by atoms with Crippen LogP contribution in [0.3, 0.4) is 0 Å². The number of carbonyl (C=O) groups excluding carboxylic acids is 5. The Morgan fingerprint density at radius 1 is 0.714 bits per heavy atom. The monoisotopic (exact) mass is 1390 g/mol. The number of nitrogens with one attached hydrogen (secondary N) is 4. The number of rotatable bonds is 42. The quantitative estimate of drug-likeness (QED) is 0.0120. The van der Waals surface area contributed by atoms with Crippen LogP contribution in [-0.4, -0.2) is 179 Å². The Labute approximate surface area is 568 Å². The summed E-state index contributed by atoms with van der Waals surface area (Å²) in [5, 5.41) is 17.1. The van der Waals surface area contributed by atoms with Gasteiger partial charge in [-0.05, 0) is 106 Å². The SMILES string of the molecule is COC(=O)[C@H](CCC(=O)NCCCOCCOCCOCCOC[C@@H](COC(c1ccccc1)(c1ccc(OC)cc1)c1ccc(OC)cc1)OP(OCCC#N)N(C(C)C)C(C)C)NC(=O)c1ccc(N(Cc2cnc3nc(NC(=O)C(C)C)[nH]c(=O)c3n2)C(=O)C(F)(F)F)cc1. The molecule has 4 aromatic carbocycles. The van der Waals surface area contributed by atoms with Crippen molar-refractivity contribution in [1.82, 2.24) is 35.2 Å². The van der Waals surface area contributed by atoms with Crippen LogP contribution in [0.15, 0.2) is 114 Å². The average molecular weight is 1390 g/mol. The molecule has 2 heterocycles. The lowest BCUT2D eigenvalue weighted by atomic mass is 9.80. The normalized spacial score (nSPS) is 12.7. The lowest BCUT2D eigenvalue weighted by Gasteiger charge is -2.39. The van der Waals surface area contributed by atoms with E-state index in [9.17, 15) is 47.2 Å². The fourth-order valence-corrected chi connectivity index (χ4v) is 11.5. The summed E-state index contributed by atoms with van der Waals surface area (Å²) in [5.74, 6) is -4.16. The Morgan fingerprint density at radius 2 is 1.30 bits per heavy atom. The topological polar surface area (TPSA) is 316 Å². The second-order valence-corrected chi connectivity index (χ2v) is 24.2. The molecule has 4 N–H and O–H groups in total. The molecule has 0 fully saturated rings. The minimum atomic E-state index is -5.36. The third kappa shape index (κ3) is 23.6. The van der Waals surface area contributed by atoms with Gasteiger partial charge in [0.25, 0.3) is 20.0 Å². The molecule has 0 radical (unpaired) electrons. The average Bonchev–Trinajstić information content (AvgIpc) is 0.752. The van der Waals surface area contributed by atoms with E-state index in [1.54, 1.807) is 28.1 Å². The Hall–Kier alpha value is -8.56. The third-order valence-corrected chi connectivity index (χ3v) is 16.9. The molecule has 6 aromatic rings. The minimum Gasteiger partial charge on any atom is -0.497 e. The number of methoxy groups -OCH3 is 3. The van der Waals surface area contributed by atoms with Crippen molar-refractivity contribution >= 4 is 60.9 Å². The van der Waals surface area contributed by atoms with Crippen LogP contribution in [0, 0.1) is 17.2 Å². The standard InChI is InChI=1S/C68H86F3N10O16P/c1-45(2)61(83)78-66-77-60-59(63(85)79-66)75-52(41-74-60)42-80(65(87)68(69,70)71)53-23-17-48(18-24-53)62(84)76-57(64(86)90-9)29-30-58(82)73-32-14-33-91-35-36-92-37-38-93-39-40-94-43-56(97-98(96-34-13-31-72)81(46(3)4)47(5)6)44-95-67(49-15-11-10-12-16-49,50-19-25-54(88-7)26-20-50)51-21-27-55(89-8)28-22-51/h10-12,15-28,41,45-47,56-57H,13-14,29-30,32-40,42-44H2,1-9H3,(H,73,82)(H,76,84)(H2,74,77,78,79,83,85)/t56-,57-,98?/m0/s1. The lowest BCUT2D eigenvalue weighted by Crippen LogP contribution is -2.42. The van der Waals surface area contributed by atoms with Gasteiger partial charge in [0.05, 0.1) is 112 Å².